The Morgan fingerprint density at radius 1 is 1.07 bits per heavy atom. The van der Waals surface area contributed by atoms with Crippen LogP contribution in [0.4, 0.5) is 27.3 Å². The third kappa shape index (κ3) is 5.02. The van der Waals surface area contributed by atoms with Crippen molar-refractivity contribution in [3.8, 4) is 5.75 Å². The van der Waals surface area contributed by atoms with Crippen LogP contribution < -0.4 is 20.3 Å². The number of aromatic nitrogens is 2. The van der Waals surface area contributed by atoms with Crippen LogP contribution in [0.5, 0.6) is 5.75 Å². The van der Waals surface area contributed by atoms with E-state index in [2.05, 4.69) is 25.7 Å². The van der Waals surface area contributed by atoms with Gasteiger partial charge in [-0.15, -0.1) is 5.10 Å². The summed E-state index contributed by atoms with van der Waals surface area (Å²) >= 11 is 0. The third-order valence-corrected chi connectivity index (χ3v) is 4.75. The molecule has 1 saturated heterocycles. The predicted molar refractivity (Wildman–Crippen MR) is 114 cm³/mol. The van der Waals surface area contributed by atoms with E-state index < -0.39 is 5.82 Å². The van der Waals surface area contributed by atoms with Crippen LogP contribution in [0, 0.1) is 5.82 Å². The van der Waals surface area contributed by atoms with Crippen molar-refractivity contribution in [2.45, 2.75) is 12.8 Å². The first-order valence-electron chi connectivity index (χ1n) is 9.79. The summed E-state index contributed by atoms with van der Waals surface area (Å²) in [4.78, 5) is 14.3. The number of hydrogen-bond donors (Lipinski definition) is 2. The molecular formula is C22H22FN5O2. The number of anilines is 4. The van der Waals surface area contributed by atoms with Crippen molar-refractivity contribution in [3.63, 3.8) is 0 Å². The highest BCUT2D eigenvalue weighted by Gasteiger charge is 2.13. The largest absolute Gasteiger partial charge is 0.481 e. The van der Waals surface area contributed by atoms with Crippen molar-refractivity contribution in [2.75, 3.05) is 35.2 Å². The van der Waals surface area contributed by atoms with Crippen LogP contribution in [-0.2, 0) is 4.79 Å². The zero-order chi connectivity index (χ0) is 20.8. The number of halogens is 1. The summed E-state index contributed by atoms with van der Waals surface area (Å²) in [6.07, 6.45) is 4.17. The Morgan fingerprint density at radius 2 is 1.80 bits per heavy atom. The first-order chi connectivity index (χ1) is 14.7. The molecule has 30 heavy (non-hydrogen) atoms. The average Bonchev–Trinajstić information content (AvgIpc) is 3.30. The van der Waals surface area contributed by atoms with E-state index in [1.54, 1.807) is 30.5 Å². The molecule has 0 spiro atoms. The van der Waals surface area contributed by atoms with Crippen LogP contribution >= 0.6 is 0 Å². The first kappa shape index (κ1) is 19.6. The quantitative estimate of drug-likeness (QED) is 0.617. The van der Waals surface area contributed by atoms with Crippen LogP contribution in [-0.4, -0.2) is 35.8 Å². The zero-order valence-electron chi connectivity index (χ0n) is 16.3. The third-order valence-electron chi connectivity index (χ3n) is 4.75. The standard InChI is InChI=1S/C22H22FN5O2/c23-19-5-1-2-6-20(19)30-15-22(29)26-17-9-7-16(8-10-17)25-21-13-18(14-24-27-21)28-11-3-4-12-28/h1-2,5-10,13-14H,3-4,11-12,15H2,(H,25,27)(H,26,29). The maximum Gasteiger partial charge on any atom is 0.262 e. The fraction of sp³-hybridized carbons (Fsp3) is 0.227. The summed E-state index contributed by atoms with van der Waals surface area (Å²) in [7, 11) is 0. The smallest absolute Gasteiger partial charge is 0.262 e. The van der Waals surface area contributed by atoms with Gasteiger partial charge in [0.2, 0.25) is 0 Å². The van der Waals surface area contributed by atoms with E-state index in [-0.39, 0.29) is 18.3 Å². The summed E-state index contributed by atoms with van der Waals surface area (Å²) in [6.45, 7) is 1.81. The highest BCUT2D eigenvalue weighted by atomic mass is 19.1. The van der Waals surface area contributed by atoms with Crippen molar-refractivity contribution >= 4 is 28.8 Å². The van der Waals surface area contributed by atoms with Gasteiger partial charge in [-0.05, 0) is 49.2 Å². The van der Waals surface area contributed by atoms with E-state index in [9.17, 15) is 9.18 Å². The Kier molecular flexibility index (Phi) is 6.03. The number of para-hydroxylation sites is 1. The maximum absolute atomic E-state index is 13.5. The monoisotopic (exact) mass is 407 g/mol. The molecule has 2 aromatic carbocycles. The van der Waals surface area contributed by atoms with Crippen molar-refractivity contribution in [2.24, 2.45) is 0 Å². The van der Waals surface area contributed by atoms with Crippen molar-refractivity contribution in [3.05, 3.63) is 66.6 Å². The van der Waals surface area contributed by atoms with Gasteiger partial charge in [0.25, 0.3) is 5.91 Å². The van der Waals surface area contributed by atoms with E-state index in [0.717, 1.165) is 24.5 Å². The van der Waals surface area contributed by atoms with Gasteiger partial charge < -0.3 is 20.3 Å². The van der Waals surface area contributed by atoms with Gasteiger partial charge >= 0.3 is 0 Å². The van der Waals surface area contributed by atoms with Crippen LogP contribution in [0.1, 0.15) is 12.8 Å². The molecule has 7 nitrogen and oxygen atoms in total. The molecule has 0 saturated carbocycles. The molecule has 154 valence electrons. The average molecular weight is 407 g/mol. The second-order valence-corrected chi connectivity index (χ2v) is 6.96. The lowest BCUT2D eigenvalue weighted by atomic mass is 10.2. The Balaban J connectivity index is 1.31. The minimum absolute atomic E-state index is 0.0458. The second-order valence-electron chi connectivity index (χ2n) is 6.96. The van der Waals surface area contributed by atoms with Gasteiger partial charge in [-0.25, -0.2) is 4.39 Å². The minimum Gasteiger partial charge on any atom is -0.481 e. The molecule has 0 atom stereocenters. The fourth-order valence-corrected chi connectivity index (χ4v) is 3.25. The van der Waals surface area contributed by atoms with E-state index >= 15 is 0 Å². The fourth-order valence-electron chi connectivity index (χ4n) is 3.25. The van der Waals surface area contributed by atoms with E-state index in [1.165, 1.54) is 25.0 Å². The highest BCUT2D eigenvalue weighted by molar-refractivity contribution is 5.92. The molecule has 8 heteroatoms. The summed E-state index contributed by atoms with van der Waals surface area (Å²) < 4.78 is 18.7. The number of carbonyl (C=O) groups excluding carboxylic acids is 1. The number of nitrogens with zero attached hydrogens (tertiary/aromatic N) is 3. The zero-order valence-corrected chi connectivity index (χ0v) is 16.3. The lowest BCUT2D eigenvalue weighted by molar-refractivity contribution is -0.118. The normalized spacial score (nSPS) is 13.2. The number of carbonyl (C=O) groups is 1. The molecule has 2 heterocycles. The molecule has 1 fully saturated rings. The number of ether oxygens (including phenoxy) is 1. The first-order valence-corrected chi connectivity index (χ1v) is 9.79. The molecule has 0 radical (unpaired) electrons. The molecule has 2 N–H and O–H groups in total. The van der Waals surface area contributed by atoms with Gasteiger partial charge in [-0.3, -0.25) is 4.79 Å². The molecule has 1 aromatic heterocycles. The summed E-state index contributed by atoms with van der Waals surface area (Å²) in [6, 6.07) is 15.1. The van der Waals surface area contributed by atoms with Gasteiger partial charge in [-0.2, -0.15) is 5.10 Å². The number of rotatable bonds is 7. The Labute approximate surface area is 173 Å². The number of nitrogens with one attached hydrogen (secondary N) is 2. The van der Waals surface area contributed by atoms with Gasteiger partial charge in [0.15, 0.2) is 24.0 Å². The summed E-state index contributed by atoms with van der Waals surface area (Å²) in [5.41, 5.74) is 2.49. The summed E-state index contributed by atoms with van der Waals surface area (Å²) in [5.74, 6) is -0.167. The van der Waals surface area contributed by atoms with Crippen LogP contribution in [0.15, 0.2) is 60.8 Å². The van der Waals surface area contributed by atoms with Crippen molar-refractivity contribution in [1.29, 1.82) is 0 Å². The number of hydrogen-bond acceptors (Lipinski definition) is 6. The van der Waals surface area contributed by atoms with Crippen molar-refractivity contribution < 1.29 is 13.9 Å². The molecule has 0 aliphatic carbocycles. The SMILES string of the molecule is O=C(COc1ccccc1F)Nc1ccc(Nc2cc(N3CCCC3)cnn2)cc1. The van der Waals surface area contributed by atoms with Gasteiger partial charge in [0.05, 0.1) is 11.9 Å². The molecule has 0 bridgehead atoms. The lowest BCUT2D eigenvalue weighted by Crippen LogP contribution is -2.20. The van der Waals surface area contributed by atoms with Gasteiger partial charge in [0.1, 0.15) is 0 Å². The maximum atomic E-state index is 13.5. The molecule has 0 unspecified atom stereocenters. The van der Waals surface area contributed by atoms with E-state index in [0.29, 0.717) is 11.5 Å². The van der Waals surface area contributed by atoms with Crippen LogP contribution in [0.3, 0.4) is 0 Å². The molecule has 1 amide bonds. The van der Waals surface area contributed by atoms with Gasteiger partial charge in [-0.1, -0.05) is 12.1 Å². The van der Waals surface area contributed by atoms with Crippen molar-refractivity contribution in [1.82, 2.24) is 10.2 Å². The van der Waals surface area contributed by atoms with Crippen LogP contribution in [0.25, 0.3) is 0 Å². The molecule has 4 rings (SSSR count). The van der Waals surface area contributed by atoms with Crippen LogP contribution in [0.2, 0.25) is 0 Å². The lowest BCUT2D eigenvalue weighted by Gasteiger charge is -2.17. The Hall–Kier alpha value is -3.68. The number of amides is 1. The molecule has 3 aromatic rings. The topological polar surface area (TPSA) is 79.4 Å². The molecular weight excluding hydrogens is 385 g/mol. The molecule has 1 aliphatic rings. The molecule has 1 aliphatic heterocycles. The van der Waals surface area contributed by atoms with E-state index in [4.69, 9.17) is 4.74 Å². The minimum atomic E-state index is -0.502. The highest BCUT2D eigenvalue weighted by Crippen LogP contribution is 2.23. The number of benzene rings is 2. The Bertz CT molecular complexity index is 1010. The second kappa shape index (κ2) is 9.21. The predicted octanol–water partition coefficient (Wildman–Crippen LogP) is 3.98. The Morgan fingerprint density at radius 3 is 2.57 bits per heavy atom. The summed E-state index contributed by atoms with van der Waals surface area (Å²) in [5, 5.41) is 14.2. The van der Waals surface area contributed by atoms with Gasteiger partial charge in [0, 0.05) is 30.5 Å². The van der Waals surface area contributed by atoms with E-state index in [1.807, 2.05) is 18.2 Å².